The summed E-state index contributed by atoms with van der Waals surface area (Å²) in [5, 5.41) is 6.59. The largest absolute Gasteiger partial charge is 0.352 e. The Bertz CT molecular complexity index is 271. The Morgan fingerprint density at radius 1 is 1.20 bits per heavy atom. The van der Waals surface area contributed by atoms with Gasteiger partial charge in [-0.05, 0) is 64.7 Å². The standard InChI is InChI=1S/C16H33N3O/c1-5-15(6-2)18-16(20)13(4)19-10-8-14(9-11-19)12-17-7-3/h13-15,17H,5-12H2,1-4H3,(H,18,20). The number of carbonyl (C=O) groups is 1. The Kier molecular flexibility index (Phi) is 8.15. The molecule has 1 aliphatic rings. The van der Waals surface area contributed by atoms with E-state index in [9.17, 15) is 4.79 Å². The molecule has 1 saturated heterocycles. The maximum absolute atomic E-state index is 12.3. The number of carbonyl (C=O) groups excluding carboxylic acids is 1. The molecule has 2 N–H and O–H groups in total. The van der Waals surface area contributed by atoms with Gasteiger partial charge in [0, 0.05) is 6.04 Å². The normalized spacial score (nSPS) is 19.2. The molecular weight excluding hydrogens is 250 g/mol. The molecule has 1 heterocycles. The van der Waals surface area contributed by atoms with Crippen LogP contribution in [0.3, 0.4) is 0 Å². The summed E-state index contributed by atoms with van der Waals surface area (Å²) in [6, 6.07) is 0.340. The van der Waals surface area contributed by atoms with Crippen LogP contribution in [0.4, 0.5) is 0 Å². The number of hydrogen-bond acceptors (Lipinski definition) is 3. The van der Waals surface area contributed by atoms with E-state index in [4.69, 9.17) is 0 Å². The Morgan fingerprint density at radius 3 is 2.30 bits per heavy atom. The molecule has 0 saturated carbocycles. The molecule has 0 bridgehead atoms. The maximum atomic E-state index is 12.3. The van der Waals surface area contributed by atoms with Crippen molar-refractivity contribution in [2.45, 2.75) is 65.5 Å². The lowest BCUT2D eigenvalue weighted by Gasteiger charge is -2.35. The summed E-state index contributed by atoms with van der Waals surface area (Å²) in [5.41, 5.74) is 0. The first-order chi connectivity index (χ1) is 9.62. The van der Waals surface area contributed by atoms with Crippen LogP contribution in [0.1, 0.15) is 53.4 Å². The topological polar surface area (TPSA) is 44.4 Å². The zero-order chi connectivity index (χ0) is 15.0. The first-order valence-electron chi connectivity index (χ1n) is 8.37. The summed E-state index contributed by atoms with van der Waals surface area (Å²) >= 11 is 0. The Labute approximate surface area is 124 Å². The predicted molar refractivity (Wildman–Crippen MR) is 84.8 cm³/mol. The highest BCUT2D eigenvalue weighted by Gasteiger charge is 2.26. The van der Waals surface area contributed by atoms with E-state index in [0.717, 1.165) is 44.9 Å². The van der Waals surface area contributed by atoms with Gasteiger partial charge in [-0.25, -0.2) is 0 Å². The molecule has 0 radical (unpaired) electrons. The number of piperidine rings is 1. The van der Waals surface area contributed by atoms with Crippen molar-refractivity contribution in [2.24, 2.45) is 5.92 Å². The van der Waals surface area contributed by atoms with Gasteiger partial charge in [-0.2, -0.15) is 0 Å². The fourth-order valence-electron chi connectivity index (χ4n) is 2.87. The molecule has 20 heavy (non-hydrogen) atoms. The number of amides is 1. The van der Waals surface area contributed by atoms with Crippen LogP contribution >= 0.6 is 0 Å². The smallest absolute Gasteiger partial charge is 0.237 e. The minimum Gasteiger partial charge on any atom is -0.352 e. The van der Waals surface area contributed by atoms with Crippen molar-refractivity contribution in [1.29, 1.82) is 0 Å². The van der Waals surface area contributed by atoms with Gasteiger partial charge < -0.3 is 10.6 Å². The molecule has 0 aliphatic carbocycles. The van der Waals surface area contributed by atoms with Gasteiger partial charge in [0.15, 0.2) is 0 Å². The highest BCUT2D eigenvalue weighted by atomic mass is 16.2. The number of rotatable bonds is 8. The summed E-state index contributed by atoms with van der Waals surface area (Å²) in [4.78, 5) is 14.6. The van der Waals surface area contributed by atoms with E-state index in [-0.39, 0.29) is 11.9 Å². The van der Waals surface area contributed by atoms with Crippen molar-refractivity contribution in [1.82, 2.24) is 15.5 Å². The third-order valence-electron chi connectivity index (χ3n) is 4.59. The van der Waals surface area contributed by atoms with Crippen molar-refractivity contribution in [2.75, 3.05) is 26.2 Å². The predicted octanol–water partition coefficient (Wildman–Crippen LogP) is 2.00. The first-order valence-corrected chi connectivity index (χ1v) is 8.37. The summed E-state index contributed by atoms with van der Waals surface area (Å²) < 4.78 is 0. The van der Waals surface area contributed by atoms with Gasteiger partial charge in [-0.3, -0.25) is 9.69 Å². The Morgan fingerprint density at radius 2 is 1.80 bits per heavy atom. The van der Waals surface area contributed by atoms with E-state index in [1.165, 1.54) is 12.8 Å². The van der Waals surface area contributed by atoms with Crippen molar-refractivity contribution in [3.05, 3.63) is 0 Å². The lowest BCUT2D eigenvalue weighted by molar-refractivity contribution is -0.127. The molecule has 1 atom stereocenters. The summed E-state index contributed by atoms with van der Waals surface area (Å²) in [6.45, 7) is 12.7. The molecular formula is C16H33N3O. The molecule has 0 aromatic heterocycles. The summed E-state index contributed by atoms with van der Waals surface area (Å²) in [5.74, 6) is 0.976. The molecule has 1 unspecified atom stereocenters. The second-order valence-corrected chi connectivity index (χ2v) is 5.99. The molecule has 1 rings (SSSR count). The SMILES string of the molecule is CCNCC1CCN(C(C)C(=O)NC(CC)CC)CC1. The highest BCUT2D eigenvalue weighted by Crippen LogP contribution is 2.18. The third-order valence-corrected chi connectivity index (χ3v) is 4.59. The van der Waals surface area contributed by atoms with Crippen molar-refractivity contribution >= 4 is 5.91 Å². The lowest BCUT2D eigenvalue weighted by Crippen LogP contribution is -2.50. The van der Waals surface area contributed by atoms with Crippen LogP contribution in [0.2, 0.25) is 0 Å². The van der Waals surface area contributed by atoms with E-state index in [0.29, 0.717) is 6.04 Å². The summed E-state index contributed by atoms with van der Waals surface area (Å²) in [7, 11) is 0. The third kappa shape index (κ3) is 5.41. The molecule has 1 amide bonds. The van der Waals surface area contributed by atoms with Gasteiger partial charge in [0.1, 0.15) is 0 Å². The van der Waals surface area contributed by atoms with E-state index >= 15 is 0 Å². The second-order valence-electron chi connectivity index (χ2n) is 5.99. The molecule has 1 aliphatic heterocycles. The molecule has 118 valence electrons. The molecule has 0 spiro atoms. The maximum Gasteiger partial charge on any atom is 0.237 e. The number of likely N-dealkylation sites (tertiary alicyclic amines) is 1. The zero-order valence-electron chi connectivity index (χ0n) is 13.7. The quantitative estimate of drug-likeness (QED) is 0.716. The average Bonchev–Trinajstić information content (AvgIpc) is 2.50. The first kappa shape index (κ1) is 17.4. The van der Waals surface area contributed by atoms with Crippen LogP contribution in [-0.4, -0.2) is 49.1 Å². The van der Waals surface area contributed by atoms with Crippen LogP contribution in [0.5, 0.6) is 0 Å². The lowest BCUT2D eigenvalue weighted by atomic mass is 9.95. The molecule has 4 heteroatoms. The van der Waals surface area contributed by atoms with Crippen LogP contribution in [0, 0.1) is 5.92 Å². The van der Waals surface area contributed by atoms with Crippen LogP contribution < -0.4 is 10.6 Å². The minimum atomic E-state index is 0.00989. The van der Waals surface area contributed by atoms with Gasteiger partial charge in [0.05, 0.1) is 6.04 Å². The minimum absolute atomic E-state index is 0.00989. The summed E-state index contributed by atoms with van der Waals surface area (Å²) in [6.07, 6.45) is 4.44. The van der Waals surface area contributed by atoms with Gasteiger partial charge in [0.2, 0.25) is 5.91 Å². The van der Waals surface area contributed by atoms with Gasteiger partial charge in [0.25, 0.3) is 0 Å². The number of hydrogen-bond donors (Lipinski definition) is 2. The Hall–Kier alpha value is -0.610. The molecule has 0 aromatic rings. The van der Waals surface area contributed by atoms with Crippen LogP contribution in [-0.2, 0) is 4.79 Å². The van der Waals surface area contributed by atoms with Crippen molar-refractivity contribution in [3.8, 4) is 0 Å². The molecule has 1 fully saturated rings. The second kappa shape index (κ2) is 9.35. The van der Waals surface area contributed by atoms with Crippen LogP contribution in [0.25, 0.3) is 0 Å². The van der Waals surface area contributed by atoms with E-state index in [1.807, 2.05) is 6.92 Å². The van der Waals surface area contributed by atoms with Gasteiger partial charge in [-0.15, -0.1) is 0 Å². The zero-order valence-corrected chi connectivity index (χ0v) is 13.7. The number of nitrogens with one attached hydrogen (secondary N) is 2. The van der Waals surface area contributed by atoms with Crippen LogP contribution in [0.15, 0.2) is 0 Å². The van der Waals surface area contributed by atoms with E-state index < -0.39 is 0 Å². The monoisotopic (exact) mass is 283 g/mol. The average molecular weight is 283 g/mol. The van der Waals surface area contributed by atoms with Gasteiger partial charge in [-0.1, -0.05) is 20.8 Å². The van der Waals surface area contributed by atoms with E-state index in [1.54, 1.807) is 0 Å². The Balaban J connectivity index is 2.34. The molecule has 4 nitrogen and oxygen atoms in total. The fraction of sp³-hybridized carbons (Fsp3) is 0.938. The van der Waals surface area contributed by atoms with E-state index in [2.05, 4.69) is 36.3 Å². The van der Waals surface area contributed by atoms with Crippen molar-refractivity contribution < 1.29 is 4.79 Å². The van der Waals surface area contributed by atoms with Crippen molar-refractivity contribution in [3.63, 3.8) is 0 Å². The molecule has 0 aromatic carbocycles. The highest BCUT2D eigenvalue weighted by molar-refractivity contribution is 5.81. The number of nitrogens with zero attached hydrogens (tertiary/aromatic N) is 1. The fourth-order valence-corrected chi connectivity index (χ4v) is 2.87. The van der Waals surface area contributed by atoms with Gasteiger partial charge >= 0.3 is 0 Å².